The van der Waals surface area contributed by atoms with Crippen molar-refractivity contribution in [2.45, 2.75) is 19.3 Å². The molecule has 0 amide bonds. The summed E-state index contributed by atoms with van der Waals surface area (Å²) in [7, 11) is 0. The lowest BCUT2D eigenvalue weighted by atomic mass is 9.69. The van der Waals surface area contributed by atoms with Gasteiger partial charge >= 0.3 is 0 Å². The van der Waals surface area contributed by atoms with Gasteiger partial charge in [-0.25, -0.2) is 0 Å². The number of aryl methyl sites for hydroxylation is 2. The number of fused-ring (bicyclic) bond motifs is 19. The third-order valence-corrected chi connectivity index (χ3v) is 16.3. The molecule has 75 heavy (non-hydrogen) atoms. The summed E-state index contributed by atoms with van der Waals surface area (Å²) in [6.45, 7) is 4.32. The first-order valence-electron chi connectivity index (χ1n) is 25.9. The summed E-state index contributed by atoms with van der Waals surface area (Å²) < 4.78 is 13.5. The smallest absolute Gasteiger partial charge is 0.159 e. The summed E-state index contributed by atoms with van der Waals surface area (Å²) in [5.74, 6) is 0. The summed E-state index contributed by atoms with van der Waals surface area (Å²) >= 11 is 0. The van der Waals surface area contributed by atoms with Gasteiger partial charge in [0.05, 0.1) is 16.8 Å². The van der Waals surface area contributed by atoms with Crippen LogP contribution in [0, 0.1) is 13.8 Å². The topological polar surface area (TPSA) is 32.8 Å². The van der Waals surface area contributed by atoms with Crippen LogP contribution in [0.2, 0.25) is 0 Å². The highest BCUT2D eigenvalue weighted by Gasteiger charge is 2.52. The maximum atomic E-state index is 6.74. The van der Waals surface area contributed by atoms with Crippen molar-refractivity contribution in [2.24, 2.45) is 0 Å². The molecule has 12 aromatic carbocycles. The highest BCUT2D eigenvalue weighted by atomic mass is 16.3. The van der Waals surface area contributed by atoms with Gasteiger partial charge in [0.15, 0.2) is 11.2 Å². The van der Waals surface area contributed by atoms with E-state index in [9.17, 15) is 0 Å². The van der Waals surface area contributed by atoms with E-state index in [1.165, 1.54) is 77.2 Å². The van der Waals surface area contributed by atoms with Crippen LogP contribution in [-0.2, 0) is 5.41 Å². The second kappa shape index (κ2) is 15.7. The van der Waals surface area contributed by atoms with E-state index >= 15 is 0 Å². The Bertz CT molecular complexity index is 4680. The van der Waals surface area contributed by atoms with Crippen LogP contribution in [0.3, 0.4) is 0 Å². The quantitative estimate of drug-likeness (QED) is 0.166. The zero-order valence-electron chi connectivity index (χ0n) is 41.3. The molecule has 4 heteroatoms. The van der Waals surface area contributed by atoms with Gasteiger partial charge in [-0.15, -0.1) is 0 Å². The fourth-order valence-corrected chi connectivity index (χ4v) is 13.2. The van der Waals surface area contributed by atoms with E-state index in [0.29, 0.717) is 0 Å². The maximum absolute atomic E-state index is 6.74. The Morgan fingerprint density at radius 1 is 0.307 bits per heavy atom. The Morgan fingerprint density at radius 3 is 1.40 bits per heavy atom. The molecule has 16 rings (SSSR count). The summed E-state index contributed by atoms with van der Waals surface area (Å²) in [5.41, 5.74) is 21.9. The standard InChI is InChI=1S/C71H46N2O2/c1-43-15-11-17-48(37-43)72(64-27-13-23-58-55-21-5-9-29-66(55)74-69(58)64)50-33-31-45-41-60-57-35-32-46-39-51(73(49-18-12-16-44(2)38-49)65-28-14-24-59-56-22-6-10-30-67(56)75-70(59)65)34-36-52(46)68(57)71(63(60)42-47(45)40-50)61-25-7-3-19-53(61)54-20-4-8-26-62(54)71/h3-42H,1-2H3. The molecule has 2 aromatic heterocycles. The second-order valence-electron chi connectivity index (χ2n) is 20.5. The predicted octanol–water partition coefficient (Wildman–Crippen LogP) is 19.7. The van der Waals surface area contributed by atoms with Crippen molar-refractivity contribution < 1.29 is 8.83 Å². The molecule has 1 spiro atoms. The lowest BCUT2D eigenvalue weighted by Crippen LogP contribution is -2.26. The summed E-state index contributed by atoms with van der Waals surface area (Å²) in [6.07, 6.45) is 0. The van der Waals surface area contributed by atoms with Crippen molar-refractivity contribution in [1.82, 2.24) is 0 Å². The first-order valence-corrected chi connectivity index (χ1v) is 25.9. The van der Waals surface area contributed by atoms with Gasteiger partial charge in [0, 0.05) is 44.3 Å². The van der Waals surface area contributed by atoms with Crippen molar-refractivity contribution in [3.8, 4) is 22.3 Å². The van der Waals surface area contributed by atoms with Gasteiger partial charge in [-0.2, -0.15) is 0 Å². The Morgan fingerprint density at radius 2 is 0.800 bits per heavy atom. The molecule has 2 aliphatic rings. The first-order chi connectivity index (χ1) is 37.0. The number of anilines is 6. The van der Waals surface area contributed by atoms with Crippen LogP contribution in [0.5, 0.6) is 0 Å². The largest absolute Gasteiger partial charge is 0.454 e. The molecule has 0 N–H and O–H groups in total. The van der Waals surface area contributed by atoms with Crippen molar-refractivity contribution in [2.75, 3.05) is 9.80 Å². The number of hydrogen-bond donors (Lipinski definition) is 0. The van der Waals surface area contributed by atoms with Crippen LogP contribution in [0.4, 0.5) is 34.1 Å². The maximum Gasteiger partial charge on any atom is 0.159 e. The fraction of sp³-hybridized carbons (Fsp3) is 0.0423. The number of para-hydroxylation sites is 4. The minimum atomic E-state index is -0.588. The van der Waals surface area contributed by atoms with Gasteiger partial charge in [-0.05, 0) is 176 Å². The second-order valence-corrected chi connectivity index (χ2v) is 20.5. The van der Waals surface area contributed by atoms with Gasteiger partial charge in [0.25, 0.3) is 0 Å². The van der Waals surface area contributed by atoms with Gasteiger partial charge in [0.1, 0.15) is 11.2 Å². The molecule has 0 radical (unpaired) electrons. The van der Waals surface area contributed by atoms with Crippen LogP contribution in [0.25, 0.3) is 87.7 Å². The average molecular weight is 959 g/mol. The van der Waals surface area contributed by atoms with E-state index in [0.717, 1.165) is 78.0 Å². The number of hydrogen-bond acceptors (Lipinski definition) is 4. The molecule has 4 nitrogen and oxygen atoms in total. The van der Waals surface area contributed by atoms with E-state index in [2.05, 4.69) is 254 Å². The van der Waals surface area contributed by atoms with Crippen LogP contribution in [0.1, 0.15) is 33.4 Å². The minimum absolute atomic E-state index is 0.588. The van der Waals surface area contributed by atoms with E-state index in [1.54, 1.807) is 0 Å². The lowest BCUT2D eigenvalue weighted by Gasteiger charge is -2.32. The number of rotatable bonds is 6. The zero-order valence-corrected chi connectivity index (χ0v) is 41.3. The summed E-state index contributed by atoms with van der Waals surface area (Å²) in [5, 5.41) is 9.20. The van der Waals surface area contributed by atoms with E-state index < -0.39 is 5.41 Å². The van der Waals surface area contributed by atoms with Crippen molar-refractivity contribution in [3.05, 3.63) is 276 Å². The number of benzene rings is 12. The van der Waals surface area contributed by atoms with E-state index in [-0.39, 0.29) is 0 Å². The van der Waals surface area contributed by atoms with E-state index in [1.807, 2.05) is 12.1 Å². The number of nitrogens with zero attached hydrogens (tertiary/aromatic N) is 2. The molecule has 0 atom stereocenters. The first kappa shape index (κ1) is 41.9. The predicted molar refractivity (Wildman–Crippen MR) is 311 cm³/mol. The molecule has 352 valence electrons. The van der Waals surface area contributed by atoms with Gasteiger partial charge in [0.2, 0.25) is 0 Å². The lowest BCUT2D eigenvalue weighted by molar-refractivity contribution is 0.668. The Hall–Kier alpha value is -9.64. The molecule has 14 aromatic rings. The van der Waals surface area contributed by atoms with Gasteiger partial charge in [-0.1, -0.05) is 158 Å². The molecule has 0 fully saturated rings. The highest BCUT2D eigenvalue weighted by molar-refractivity contribution is 6.13. The molecular weight excluding hydrogens is 913 g/mol. The summed E-state index contributed by atoms with van der Waals surface area (Å²) in [4.78, 5) is 4.74. The van der Waals surface area contributed by atoms with Crippen molar-refractivity contribution >= 4 is 99.5 Å². The normalized spacial score (nSPS) is 13.0. The van der Waals surface area contributed by atoms with Crippen molar-refractivity contribution in [3.63, 3.8) is 0 Å². The Labute approximate surface area is 433 Å². The van der Waals surface area contributed by atoms with Gasteiger partial charge < -0.3 is 18.6 Å². The van der Waals surface area contributed by atoms with Crippen molar-refractivity contribution in [1.29, 1.82) is 0 Å². The Balaban J connectivity index is 0.926. The fourth-order valence-electron chi connectivity index (χ4n) is 13.2. The minimum Gasteiger partial charge on any atom is -0.454 e. The third kappa shape index (κ3) is 5.93. The Kier molecular flexibility index (Phi) is 8.77. The molecule has 0 saturated carbocycles. The van der Waals surface area contributed by atoms with Crippen LogP contribution in [-0.4, -0.2) is 0 Å². The molecule has 0 saturated heterocycles. The molecule has 0 bridgehead atoms. The van der Waals surface area contributed by atoms with Crippen LogP contribution < -0.4 is 9.80 Å². The van der Waals surface area contributed by atoms with Gasteiger partial charge in [-0.3, -0.25) is 0 Å². The molecule has 0 aliphatic heterocycles. The monoisotopic (exact) mass is 958 g/mol. The zero-order chi connectivity index (χ0) is 49.5. The highest BCUT2D eigenvalue weighted by Crippen LogP contribution is 2.65. The molecule has 0 unspecified atom stereocenters. The average Bonchev–Trinajstić information content (AvgIpc) is 4.24. The van der Waals surface area contributed by atoms with Crippen LogP contribution in [0.15, 0.2) is 251 Å². The number of furan rings is 2. The van der Waals surface area contributed by atoms with Crippen LogP contribution >= 0.6 is 0 Å². The molecule has 2 aliphatic carbocycles. The molecule has 2 heterocycles. The summed E-state index contributed by atoms with van der Waals surface area (Å²) in [6, 6.07) is 89.3. The molecular formula is C71H46N2O2. The third-order valence-electron chi connectivity index (χ3n) is 16.3. The SMILES string of the molecule is Cc1cccc(N(c2ccc3cc4c(cc3c2)C2(c3ccccc3-c3ccccc32)c2c-4ccc3cc(N(c4cccc(C)c4)c4cccc5c4oc4ccccc45)ccc23)c2cccc3c2oc2ccccc23)c1. The van der Waals surface area contributed by atoms with E-state index in [4.69, 9.17) is 8.83 Å².